The molecule has 3 aliphatic rings. The Bertz CT molecular complexity index is 655. The van der Waals surface area contributed by atoms with Gasteiger partial charge in [0.1, 0.15) is 5.82 Å². The fraction of sp³-hybridized carbons (Fsp3) is 0.562. The first-order valence-corrected chi connectivity index (χ1v) is 7.96. The number of rotatable bonds is 2. The molecule has 2 aromatic rings. The van der Waals surface area contributed by atoms with Crippen LogP contribution in [0, 0.1) is 11.8 Å². The predicted octanol–water partition coefficient (Wildman–Crippen LogP) is 1.88. The van der Waals surface area contributed by atoms with E-state index in [0.717, 1.165) is 30.7 Å². The molecule has 21 heavy (non-hydrogen) atoms. The van der Waals surface area contributed by atoms with Crippen LogP contribution in [0.2, 0.25) is 0 Å². The van der Waals surface area contributed by atoms with Crippen LogP contribution in [0.3, 0.4) is 0 Å². The zero-order chi connectivity index (χ0) is 13.8. The molecule has 1 N–H and O–H groups in total. The van der Waals surface area contributed by atoms with Gasteiger partial charge >= 0.3 is 0 Å². The van der Waals surface area contributed by atoms with Crippen LogP contribution in [0.4, 0.5) is 0 Å². The fourth-order valence-corrected chi connectivity index (χ4v) is 4.22. The average Bonchev–Trinajstić information content (AvgIpc) is 2.98. The summed E-state index contributed by atoms with van der Waals surface area (Å²) in [7, 11) is 0. The minimum absolute atomic E-state index is 0.129. The molecule has 1 aliphatic heterocycles. The van der Waals surface area contributed by atoms with Crippen LogP contribution in [0.1, 0.15) is 48.4 Å². The van der Waals surface area contributed by atoms with Crippen molar-refractivity contribution in [3.05, 3.63) is 41.7 Å². The van der Waals surface area contributed by atoms with Gasteiger partial charge < -0.3 is 9.88 Å². The van der Waals surface area contributed by atoms with Crippen LogP contribution in [-0.4, -0.2) is 26.3 Å². The number of nitrogens with one attached hydrogen (secondary N) is 1. The zero-order valence-electron chi connectivity index (χ0n) is 11.9. The lowest BCUT2D eigenvalue weighted by Crippen LogP contribution is -2.35. The van der Waals surface area contributed by atoms with Gasteiger partial charge in [-0.25, -0.2) is 0 Å². The van der Waals surface area contributed by atoms with E-state index < -0.39 is 0 Å². The van der Waals surface area contributed by atoms with Crippen LogP contribution in [0.25, 0.3) is 0 Å². The van der Waals surface area contributed by atoms with E-state index in [4.69, 9.17) is 0 Å². The van der Waals surface area contributed by atoms with E-state index >= 15 is 0 Å². The quantitative estimate of drug-likeness (QED) is 0.913. The summed E-state index contributed by atoms with van der Waals surface area (Å²) in [4.78, 5) is 4.24. The van der Waals surface area contributed by atoms with Gasteiger partial charge in [-0.15, -0.1) is 10.2 Å². The number of nitrogens with zero attached hydrogens (tertiary/aromatic N) is 4. The fourth-order valence-electron chi connectivity index (χ4n) is 4.22. The van der Waals surface area contributed by atoms with Crippen LogP contribution in [0.5, 0.6) is 0 Å². The third kappa shape index (κ3) is 1.83. The Morgan fingerprint density at radius 3 is 2.76 bits per heavy atom. The van der Waals surface area contributed by atoms with Gasteiger partial charge in [-0.3, -0.25) is 4.98 Å². The Balaban J connectivity index is 1.51. The predicted molar refractivity (Wildman–Crippen MR) is 77.7 cm³/mol. The zero-order valence-corrected chi connectivity index (χ0v) is 11.9. The highest BCUT2D eigenvalue weighted by molar-refractivity contribution is 5.24. The first-order valence-electron chi connectivity index (χ1n) is 7.96. The Hall–Kier alpha value is -1.75. The molecule has 2 aliphatic carbocycles. The molecule has 0 aromatic carbocycles. The molecule has 0 bridgehead atoms. The summed E-state index contributed by atoms with van der Waals surface area (Å²) in [5.41, 5.74) is 1.17. The number of pyridine rings is 1. The second kappa shape index (κ2) is 4.37. The highest BCUT2D eigenvalue weighted by atomic mass is 15.3. The van der Waals surface area contributed by atoms with Crippen molar-refractivity contribution in [2.45, 2.75) is 37.8 Å². The van der Waals surface area contributed by atoms with Crippen molar-refractivity contribution in [1.82, 2.24) is 25.1 Å². The normalized spacial score (nSPS) is 33.5. The number of hydrogen-bond donors (Lipinski definition) is 1. The van der Waals surface area contributed by atoms with Crippen molar-refractivity contribution in [2.75, 3.05) is 6.54 Å². The molecule has 2 aromatic heterocycles. The minimum atomic E-state index is 0.129. The van der Waals surface area contributed by atoms with E-state index in [1.165, 1.54) is 30.7 Å². The van der Waals surface area contributed by atoms with E-state index in [0.29, 0.717) is 5.92 Å². The topological polar surface area (TPSA) is 55.6 Å². The molecule has 108 valence electrons. The second-order valence-corrected chi connectivity index (χ2v) is 6.67. The van der Waals surface area contributed by atoms with Gasteiger partial charge in [0.15, 0.2) is 5.82 Å². The van der Waals surface area contributed by atoms with Crippen LogP contribution in [-0.2, 0) is 6.54 Å². The largest absolute Gasteiger partial charge is 0.312 e. The molecule has 3 unspecified atom stereocenters. The van der Waals surface area contributed by atoms with E-state index in [1.54, 1.807) is 0 Å². The van der Waals surface area contributed by atoms with Gasteiger partial charge in [-0.2, -0.15) is 0 Å². The van der Waals surface area contributed by atoms with E-state index in [-0.39, 0.29) is 6.04 Å². The Morgan fingerprint density at radius 1 is 1.10 bits per heavy atom. The third-order valence-electron chi connectivity index (χ3n) is 5.38. The first-order chi connectivity index (χ1) is 10.4. The Labute approximate surface area is 123 Å². The molecule has 0 saturated heterocycles. The van der Waals surface area contributed by atoms with Crippen molar-refractivity contribution in [3.63, 3.8) is 0 Å². The van der Waals surface area contributed by atoms with Gasteiger partial charge in [0, 0.05) is 31.4 Å². The number of fused-ring (bicyclic) bond motifs is 2. The Kier molecular flexibility index (Phi) is 2.47. The maximum Gasteiger partial charge on any atom is 0.154 e. The Morgan fingerprint density at radius 2 is 1.95 bits per heavy atom. The monoisotopic (exact) mass is 281 g/mol. The molecule has 2 fully saturated rings. The molecular weight excluding hydrogens is 262 g/mol. The molecule has 0 amide bonds. The summed E-state index contributed by atoms with van der Waals surface area (Å²) in [6, 6.07) is 4.22. The molecular formula is C16H19N5. The molecule has 5 rings (SSSR count). The standard InChI is InChI=1S/C16H19N5/c1-2-10(9-17-3-1)14-16-20-19-15(21(16)5-4-18-14)13-7-11-6-12(11)8-13/h1-3,9,11-14,18H,4-8H2. The van der Waals surface area contributed by atoms with Gasteiger partial charge in [-0.05, 0) is 42.7 Å². The number of hydrogen-bond acceptors (Lipinski definition) is 4. The molecule has 5 heteroatoms. The summed E-state index contributed by atoms with van der Waals surface area (Å²) in [6.07, 6.45) is 7.85. The molecule has 5 nitrogen and oxygen atoms in total. The third-order valence-corrected chi connectivity index (χ3v) is 5.38. The maximum atomic E-state index is 4.56. The van der Waals surface area contributed by atoms with Gasteiger partial charge in [-0.1, -0.05) is 6.07 Å². The van der Waals surface area contributed by atoms with E-state index in [9.17, 15) is 0 Å². The minimum Gasteiger partial charge on any atom is -0.312 e. The van der Waals surface area contributed by atoms with E-state index in [1.807, 2.05) is 18.5 Å². The number of aromatic nitrogens is 4. The van der Waals surface area contributed by atoms with Crippen LogP contribution < -0.4 is 5.32 Å². The smallest absolute Gasteiger partial charge is 0.154 e. The van der Waals surface area contributed by atoms with Gasteiger partial charge in [0.05, 0.1) is 6.04 Å². The lowest BCUT2D eigenvalue weighted by atomic mass is 10.0. The van der Waals surface area contributed by atoms with Crippen molar-refractivity contribution >= 4 is 0 Å². The van der Waals surface area contributed by atoms with Gasteiger partial charge in [0.2, 0.25) is 0 Å². The summed E-state index contributed by atoms with van der Waals surface area (Å²) < 4.78 is 2.36. The van der Waals surface area contributed by atoms with E-state index in [2.05, 4.69) is 31.1 Å². The molecule has 2 saturated carbocycles. The maximum absolute atomic E-state index is 4.56. The average molecular weight is 281 g/mol. The molecule has 3 atom stereocenters. The summed E-state index contributed by atoms with van der Waals surface area (Å²) in [6.45, 7) is 1.96. The molecule has 3 heterocycles. The highest BCUT2D eigenvalue weighted by Gasteiger charge is 2.48. The van der Waals surface area contributed by atoms with Crippen molar-refractivity contribution < 1.29 is 0 Å². The lowest BCUT2D eigenvalue weighted by molar-refractivity contribution is 0.433. The van der Waals surface area contributed by atoms with Crippen LogP contribution >= 0.6 is 0 Å². The summed E-state index contributed by atoms with van der Waals surface area (Å²) in [5.74, 6) is 4.90. The lowest BCUT2D eigenvalue weighted by Gasteiger charge is -2.26. The summed E-state index contributed by atoms with van der Waals surface area (Å²) >= 11 is 0. The molecule has 0 radical (unpaired) electrons. The van der Waals surface area contributed by atoms with Crippen molar-refractivity contribution in [3.8, 4) is 0 Å². The van der Waals surface area contributed by atoms with Crippen molar-refractivity contribution in [1.29, 1.82) is 0 Å². The summed E-state index contributed by atoms with van der Waals surface area (Å²) in [5, 5.41) is 12.6. The SMILES string of the molecule is c1cncc(C2NCCn3c(C4CC5CC5C4)nnc32)c1. The molecule has 0 spiro atoms. The van der Waals surface area contributed by atoms with Gasteiger partial charge in [0.25, 0.3) is 0 Å². The van der Waals surface area contributed by atoms with Crippen molar-refractivity contribution in [2.24, 2.45) is 11.8 Å². The highest BCUT2D eigenvalue weighted by Crippen LogP contribution is 2.57. The second-order valence-electron chi connectivity index (χ2n) is 6.67. The first kappa shape index (κ1) is 11.9. The van der Waals surface area contributed by atoms with Crippen LogP contribution in [0.15, 0.2) is 24.5 Å².